The molecule has 0 fully saturated rings. The van der Waals surface area contributed by atoms with Gasteiger partial charge in [0.2, 0.25) is 16.9 Å². The zero-order valence-electron chi connectivity index (χ0n) is 39.6. The summed E-state index contributed by atoms with van der Waals surface area (Å²) in [7, 11) is -25.8. The molecule has 6 aromatic carbocycles. The van der Waals surface area contributed by atoms with Gasteiger partial charge in [0.1, 0.15) is 19.6 Å². The Balaban J connectivity index is 0.00000304. The maximum atomic E-state index is 13.8. The Morgan fingerprint density at radius 2 is 1.04 bits per heavy atom. The number of azo groups is 1. The van der Waals surface area contributed by atoms with E-state index in [4.69, 9.17) is 17.3 Å². The molecule has 0 amide bonds. The van der Waals surface area contributed by atoms with E-state index in [-0.39, 0.29) is 198 Å². The van der Waals surface area contributed by atoms with Crippen LogP contribution in [0.2, 0.25) is 5.28 Å². The van der Waals surface area contributed by atoms with Gasteiger partial charge in [-0.15, -0.1) is 0 Å². The number of hydrogen-bond acceptors (Lipinski definition) is 20. The van der Waals surface area contributed by atoms with Gasteiger partial charge in [0.15, 0.2) is 11.6 Å². The van der Waals surface area contributed by atoms with Crippen molar-refractivity contribution < 1.29 is 74.4 Å². The van der Waals surface area contributed by atoms with Gasteiger partial charge in [0.25, 0.3) is 50.6 Å². The fraction of sp³-hybridized carbons (Fsp3) is 0. The van der Waals surface area contributed by atoms with E-state index < -0.39 is 126 Å². The molecule has 1 aromatic heterocycles. The second-order valence-electron chi connectivity index (χ2n) is 14.7. The summed E-state index contributed by atoms with van der Waals surface area (Å²) in [6, 6.07) is 17.4. The average Bonchev–Trinajstić information content (AvgIpc) is 3.26. The number of aromatic amines is 1. The second kappa shape index (κ2) is 25.6. The quantitative estimate of drug-likeness (QED) is 0.0366. The van der Waals surface area contributed by atoms with Crippen LogP contribution in [0.5, 0.6) is 0 Å². The van der Waals surface area contributed by atoms with E-state index in [0.717, 1.165) is 30.3 Å². The van der Waals surface area contributed by atoms with Crippen LogP contribution in [-0.4, -0.2) is 239 Å². The van der Waals surface area contributed by atoms with Gasteiger partial charge in [0.05, 0.1) is 44.5 Å². The SMILES string of the molecule is Nc1c(S(=O)(=O)O)cc(Nc2ccc(S(=O)(=O)O)c(N=c3nc(Nc4ccc(N=Nc5cc(S(=O)(=O)O)c6cc(S(=O)(=O)O)cc(S(=O)(=O)O)c6c5)cc4)nc(Cl)[nH]3)c2)c2c1C(=O)c1ccccc1C2=O.[Na].[Na].[Na].[Na].[Na]. The molecule has 26 nitrogen and oxygen atoms in total. The largest absolute Gasteiger partial charge is 0.397 e. The number of benzene rings is 6. The number of H-pyrrole nitrogens is 1. The summed E-state index contributed by atoms with van der Waals surface area (Å²) in [5.74, 6) is -1.85. The van der Waals surface area contributed by atoms with Gasteiger partial charge in [-0.2, -0.15) is 62.3 Å². The van der Waals surface area contributed by atoms with Crippen LogP contribution in [0.15, 0.2) is 137 Å². The van der Waals surface area contributed by atoms with Crippen molar-refractivity contribution in [3.63, 3.8) is 0 Å². The zero-order valence-corrected chi connectivity index (χ0v) is 54.4. The number of carbonyl (C=O) groups excluding carboxylic acids is 2. The van der Waals surface area contributed by atoms with Crippen LogP contribution in [0.25, 0.3) is 10.8 Å². The summed E-state index contributed by atoms with van der Waals surface area (Å²) in [5.41, 5.74) is 2.77. The molecule has 7 aromatic rings. The number of nitrogens with zero attached hydrogens (tertiary/aromatic N) is 5. The molecule has 0 saturated carbocycles. The number of nitrogen functional groups attached to an aromatic ring is 1. The Kier molecular flexibility index (Phi) is 22.8. The van der Waals surface area contributed by atoms with Crippen molar-refractivity contribution in [2.75, 3.05) is 16.4 Å². The zero-order chi connectivity index (χ0) is 51.7. The Labute approximate surface area is 545 Å². The first kappa shape index (κ1) is 67.8. The molecule has 0 saturated heterocycles. The standard InChI is InChI=1S/C39H26ClN9O17S5.5Na/c40-37-45-38(43-17-5-7-18(8-6-17)48-49-20-11-24-25(29(13-20)69(58,59)60)14-21(67(52,53)54)15-30(24)70(61,62)63)47-39(46-37)44-26-12-19(9-10-28(26)68(55,56)57)42-27-16-31(71(64,65)66)34(41)33-32(27)35(50)22-3-1-2-4-23(22)36(33)51;;;;;/h1-16,42H,41H2,(H,52,53,54)(H,55,56,57)(H,58,59,60)(H,61,62,63)(H,64,65,66)(H2,43,44,45,46,47);;;;;. The van der Waals surface area contributed by atoms with Gasteiger partial charge < -0.3 is 16.4 Å². The third-order valence-corrected chi connectivity index (χ3v) is 14.7. The van der Waals surface area contributed by atoms with Crippen LogP contribution in [0.1, 0.15) is 31.8 Å². The van der Waals surface area contributed by atoms with Gasteiger partial charge in [-0.05, 0) is 84.4 Å². The van der Waals surface area contributed by atoms with Crippen molar-refractivity contribution in [3.05, 3.63) is 130 Å². The molecule has 1 aliphatic rings. The Morgan fingerprint density at radius 3 is 1.59 bits per heavy atom. The van der Waals surface area contributed by atoms with E-state index in [2.05, 4.69) is 40.8 Å². The molecule has 1 heterocycles. The van der Waals surface area contributed by atoms with Crippen molar-refractivity contribution in [1.29, 1.82) is 0 Å². The summed E-state index contributed by atoms with van der Waals surface area (Å²) in [6.07, 6.45) is 0. The van der Waals surface area contributed by atoms with E-state index in [1.54, 1.807) is 0 Å². The first-order valence-corrected chi connectivity index (χ1v) is 26.6. The molecule has 0 bridgehead atoms. The first-order valence-electron chi connectivity index (χ1n) is 19.0. The molecule has 5 radical (unpaired) electrons. The number of ketones is 2. The van der Waals surface area contributed by atoms with Gasteiger partial charge in [0, 0.05) is 181 Å². The fourth-order valence-corrected chi connectivity index (χ4v) is 10.6. The molecule has 0 spiro atoms. The molecule has 8 rings (SSSR count). The summed E-state index contributed by atoms with van der Waals surface area (Å²) < 4.78 is 172. The van der Waals surface area contributed by atoms with E-state index in [9.17, 15) is 74.4 Å². The minimum Gasteiger partial charge on any atom is -0.397 e. The van der Waals surface area contributed by atoms with Crippen molar-refractivity contribution in [1.82, 2.24) is 15.0 Å². The Bertz CT molecular complexity index is 4240. The first-order chi connectivity index (χ1) is 33.0. The van der Waals surface area contributed by atoms with Crippen molar-refractivity contribution >= 4 is 278 Å². The molecular weight excluding hydrogens is 1180 g/mol. The van der Waals surface area contributed by atoms with E-state index in [0.29, 0.717) is 18.2 Å². The molecule has 10 N–H and O–H groups in total. The number of carbonyl (C=O) groups is 2. The van der Waals surface area contributed by atoms with Crippen LogP contribution in [0.3, 0.4) is 0 Å². The maximum absolute atomic E-state index is 13.8. The van der Waals surface area contributed by atoms with E-state index in [1.165, 1.54) is 48.5 Å². The molecule has 76 heavy (non-hydrogen) atoms. The van der Waals surface area contributed by atoms with Crippen LogP contribution in [0.4, 0.5) is 45.8 Å². The van der Waals surface area contributed by atoms with Gasteiger partial charge in [-0.25, -0.2) is 4.99 Å². The van der Waals surface area contributed by atoms with Crippen LogP contribution in [0, 0.1) is 0 Å². The smallest absolute Gasteiger partial charge is 0.296 e. The van der Waals surface area contributed by atoms with E-state index >= 15 is 0 Å². The molecule has 0 unspecified atom stereocenters. The Morgan fingerprint density at radius 1 is 0.526 bits per heavy atom. The predicted octanol–water partition coefficient (Wildman–Crippen LogP) is 3.43. The van der Waals surface area contributed by atoms with Gasteiger partial charge in [-0.1, -0.05) is 24.3 Å². The number of halogens is 1. The van der Waals surface area contributed by atoms with Gasteiger partial charge >= 0.3 is 0 Å². The molecule has 37 heteroatoms. The summed E-state index contributed by atoms with van der Waals surface area (Å²) >= 11 is 6.21. The topological polar surface area (TPSA) is 435 Å². The summed E-state index contributed by atoms with van der Waals surface area (Å²) in [6.45, 7) is 0. The van der Waals surface area contributed by atoms with Crippen LogP contribution < -0.4 is 22.0 Å². The summed E-state index contributed by atoms with van der Waals surface area (Å²) in [5, 5.41) is 11.6. The van der Waals surface area contributed by atoms with Crippen LogP contribution >= 0.6 is 11.6 Å². The number of nitrogens with one attached hydrogen (secondary N) is 3. The average molecular weight is 1200 g/mol. The van der Waals surface area contributed by atoms with Crippen LogP contribution in [-0.2, 0) is 50.6 Å². The van der Waals surface area contributed by atoms with E-state index in [1.807, 2.05) is 0 Å². The molecule has 371 valence electrons. The third-order valence-electron chi connectivity index (χ3n) is 10.1. The minimum atomic E-state index is -5.29. The minimum absolute atomic E-state index is 0. The number of fused-ring (bicyclic) bond motifs is 3. The molecule has 1 aliphatic carbocycles. The Hall–Kier alpha value is -2.43. The number of nitrogens with two attached hydrogens (primary N) is 1. The predicted molar refractivity (Wildman–Crippen MR) is 276 cm³/mol. The number of anilines is 5. The maximum Gasteiger partial charge on any atom is 0.296 e. The van der Waals surface area contributed by atoms with Crippen molar-refractivity contribution in [3.8, 4) is 0 Å². The number of hydrogen-bond donors (Lipinski definition) is 9. The molecular formula is C39H26ClN9Na5O17S5. The fourth-order valence-electron chi connectivity index (χ4n) is 7.10. The van der Waals surface area contributed by atoms with Gasteiger partial charge in [-0.3, -0.25) is 37.3 Å². The van der Waals surface area contributed by atoms with Crippen molar-refractivity contribution in [2.24, 2.45) is 15.2 Å². The monoisotopic (exact) mass is 1200 g/mol. The number of rotatable bonds is 12. The number of aromatic nitrogens is 3. The third kappa shape index (κ3) is 14.9. The molecule has 0 atom stereocenters. The normalized spacial score (nSPS) is 12.7. The van der Waals surface area contributed by atoms with Crippen molar-refractivity contribution in [2.45, 2.75) is 24.5 Å². The second-order valence-corrected chi connectivity index (χ2v) is 22.0. The molecule has 0 aliphatic heterocycles. The summed E-state index contributed by atoms with van der Waals surface area (Å²) in [4.78, 5) is 37.2.